The first-order valence-electron chi connectivity index (χ1n) is 6.76. The highest BCUT2D eigenvalue weighted by Crippen LogP contribution is 2.27. The van der Waals surface area contributed by atoms with Crippen LogP contribution in [0.15, 0.2) is 18.2 Å². The van der Waals surface area contributed by atoms with Crippen molar-refractivity contribution in [2.45, 2.75) is 19.4 Å². The molecule has 0 aliphatic rings. The van der Waals surface area contributed by atoms with Crippen LogP contribution in [0.25, 0.3) is 0 Å². The van der Waals surface area contributed by atoms with E-state index in [1.165, 1.54) is 0 Å². The van der Waals surface area contributed by atoms with E-state index in [4.69, 9.17) is 27.9 Å². The lowest BCUT2D eigenvalue weighted by molar-refractivity contribution is -0.120. The van der Waals surface area contributed by atoms with Crippen LogP contribution < -0.4 is 15.4 Å². The van der Waals surface area contributed by atoms with Crippen molar-refractivity contribution >= 4 is 29.1 Å². The van der Waals surface area contributed by atoms with Crippen molar-refractivity contribution in [2.24, 2.45) is 0 Å². The van der Waals surface area contributed by atoms with Crippen molar-refractivity contribution in [3.8, 4) is 5.75 Å². The summed E-state index contributed by atoms with van der Waals surface area (Å²) in [7, 11) is 0. The Morgan fingerprint density at radius 2 is 2.19 bits per heavy atom. The zero-order chi connectivity index (χ0) is 15.7. The number of aliphatic hydroxyl groups excluding tert-OH is 1. The molecule has 1 unspecified atom stereocenters. The van der Waals surface area contributed by atoms with Crippen LogP contribution in [0.1, 0.15) is 13.3 Å². The highest BCUT2D eigenvalue weighted by atomic mass is 35.5. The number of carbonyl (C=O) groups excluding carboxylic acids is 1. The second kappa shape index (κ2) is 9.84. The quantitative estimate of drug-likeness (QED) is 0.603. The minimum absolute atomic E-state index is 0.0125. The highest BCUT2D eigenvalue weighted by Gasteiger charge is 2.08. The summed E-state index contributed by atoms with van der Waals surface area (Å²) in [5.74, 6) is 0.423. The average molecular weight is 335 g/mol. The molecule has 3 N–H and O–H groups in total. The molecule has 0 fully saturated rings. The molecule has 1 atom stereocenters. The monoisotopic (exact) mass is 334 g/mol. The second-order valence-electron chi connectivity index (χ2n) is 4.45. The lowest BCUT2D eigenvalue weighted by Crippen LogP contribution is -2.34. The van der Waals surface area contributed by atoms with Crippen LogP contribution in [0, 0.1) is 0 Å². The van der Waals surface area contributed by atoms with Crippen LogP contribution in [-0.2, 0) is 4.79 Å². The molecule has 0 aliphatic carbocycles. The number of hydrogen-bond acceptors (Lipinski definition) is 4. The first-order chi connectivity index (χ1) is 10.0. The molecule has 7 heteroatoms. The summed E-state index contributed by atoms with van der Waals surface area (Å²) < 4.78 is 5.41. The largest absolute Gasteiger partial charge is 0.489 e. The molecule has 0 bridgehead atoms. The minimum atomic E-state index is -0.700. The number of halogens is 2. The van der Waals surface area contributed by atoms with Gasteiger partial charge < -0.3 is 20.5 Å². The number of hydrogen-bond donors (Lipinski definition) is 3. The Kier molecular flexibility index (Phi) is 8.45. The summed E-state index contributed by atoms with van der Waals surface area (Å²) in [4.78, 5) is 11.2. The average Bonchev–Trinajstić information content (AvgIpc) is 2.45. The molecule has 5 nitrogen and oxygen atoms in total. The van der Waals surface area contributed by atoms with Gasteiger partial charge >= 0.3 is 0 Å². The van der Waals surface area contributed by atoms with Gasteiger partial charge in [-0.25, -0.2) is 0 Å². The molecule has 1 aromatic rings. The zero-order valence-electron chi connectivity index (χ0n) is 11.9. The van der Waals surface area contributed by atoms with Crippen LogP contribution in [0.5, 0.6) is 5.75 Å². The van der Waals surface area contributed by atoms with E-state index >= 15 is 0 Å². The molecular formula is C14H20Cl2N2O3. The Balaban J connectivity index is 2.20. The van der Waals surface area contributed by atoms with Crippen molar-refractivity contribution < 1.29 is 14.6 Å². The van der Waals surface area contributed by atoms with E-state index in [1.807, 2.05) is 6.92 Å². The van der Waals surface area contributed by atoms with E-state index in [0.717, 1.165) is 0 Å². The van der Waals surface area contributed by atoms with Gasteiger partial charge in [-0.2, -0.15) is 0 Å². The van der Waals surface area contributed by atoms with Crippen molar-refractivity contribution in [3.63, 3.8) is 0 Å². The Labute approximate surface area is 134 Å². The fourth-order valence-electron chi connectivity index (χ4n) is 1.59. The first kappa shape index (κ1) is 18.0. The van der Waals surface area contributed by atoms with Crippen LogP contribution >= 0.6 is 23.2 Å². The molecule has 0 aliphatic heterocycles. The third-order valence-electron chi connectivity index (χ3n) is 2.61. The maximum Gasteiger partial charge on any atom is 0.221 e. The van der Waals surface area contributed by atoms with Gasteiger partial charge in [0.05, 0.1) is 5.02 Å². The van der Waals surface area contributed by atoms with E-state index in [0.29, 0.717) is 41.8 Å². The maximum atomic E-state index is 11.2. The van der Waals surface area contributed by atoms with Gasteiger partial charge in [0, 0.05) is 37.1 Å². The second-order valence-corrected chi connectivity index (χ2v) is 5.29. The van der Waals surface area contributed by atoms with Gasteiger partial charge in [-0.1, -0.05) is 23.2 Å². The third kappa shape index (κ3) is 7.52. The number of carbonyl (C=O) groups is 1. The molecule has 1 rings (SSSR count). The van der Waals surface area contributed by atoms with Gasteiger partial charge in [0.2, 0.25) is 5.91 Å². The summed E-state index contributed by atoms with van der Waals surface area (Å²) in [6, 6.07) is 4.89. The fourth-order valence-corrected chi connectivity index (χ4v) is 1.92. The van der Waals surface area contributed by atoms with Crippen molar-refractivity contribution in [3.05, 3.63) is 28.2 Å². The van der Waals surface area contributed by atoms with Crippen LogP contribution in [-0.4, -0.2) is 43.4 Å². The van der Waals surface area contributed by atoms with Crippen LogP contribution in [0.3, 0.4) is 0 Å². The standard InChI is InChI=1S/C14H20Cl2N2O3/c1-2-18-14(20)5-6-17-8-11(19)9-21-13-7-10(15)3-4-12(13)16/h3-4,7,11,17,19H,2,5-6,8-9H2,1H3,(H,18,20). The van der Waals surface area contributed by atoms with Crippen molar-refractivity contribution in [1.82, 2.24) is 10.6 Å². The molecule has 1 aromatic carbocycles. The zero-order valence-corrected chi connectivity index (χ0v) is 13.4. The lowest BCUT2D eigenvalue weighted by Gasteiger charge is -2.14. The summed E-state index contributed by atoms with van der Waals surface area (Å²) >= 11 is 11.8. The highest BCUT2D eigenvalue weighted by molar-refractivity contribution is 6.34. The van der Waals surface area contributed by atoms with Gasteiger partial charge in [0.1, 0.15) is 18.5 Å². The van der Waals surface area contributed by atoms with E-state index in [-0.39, 0.29) is 12.5 Å². The number of nitrogens with one attached hydrogen (secondary N) is 2. The van der Waals surface area contributed by atoms with Crippen LogP contribution in [0.2, 0.25) is 10.0 Å². The first-order valence-corrected chi connectivity index (χ1v) is 7.51. The smallest absolute Gasteiger partial charge is 0.221 e. The van der Waals surface area contributed by atoms with Crippen LogP contribution in [0.4, 0.5) is 0 Å². The van der Waals surface area contributed by atoms with Gasteiger partial charge in [-0.3, -0.25) is 4.79 Å². The number of benzene rings is 1. The summed E-state index contributed by atoms with van der Waals surface area (Å²) in [5.41, 5.74) is 0. The van der Waals surface area contributed by atoms with Crippen molar-refractivity contribution in [1.29, 1.82) is 0 Å². The molecule has 118 valence electrons. The summed E-state index contributed by atoms with van der Waals surface area (Å²) in [6.45, 7) is 3.41. The van der Waals surface area contributed by atoms with E-state index in [1.54, 1.807) is 18.2 Å². The molecule has 0 heterocycles. The number of amides is 1. The predicted molar refractivity (Wildman–Crippen MR) is 84.1 cm³/mol. The van der Waals surface area contributed by atoms with E-state index < -0.39 is 6.10 Å². The Morgan fingerprint density at radius 3 is 2.90 bits per heavy atom. The van der Waals surface area contributed by atoms with E-state index in [9.17, 15) is 9.90 Å². The van der Waals surface area contributed by atoms with Gasteiger partial charge in [-0.15, -0.1) is 0 Å². The summed E-state index contributed by atoms with van der Waals surface area (Å²) in [5, 5.41) is 16.4. The molecule has 0 saturated carbocycles. The molecule has 0 aromatic heterocycles. The fraction of sp³-hybridized carbons (Fsp3) is 0.500. The van der Waals surface area contributed by atoms with E-state index in [2.05, 4.69) is 10.6 Å². The number of rotatable bonds is 9. The molecular weight excluding hydrogens is 315 g/mol. The topological polar surface area (TPSA) is 70.6 Å². The van der Waals surface area contributed by atoms with Crippen molar-refractivity contribution in [2.75, 3.05) is 26.2 Å². The lowest BCUT2D eigenvalue weighted by atomic mass is 10.3. The SMILES string of the molecule is CCNC(=O)CCNCC(O)COc1cc(Cl)ccc1Cl. The molecule has 0 spiro atoms. The normalized spacial score (nSPS) is 12.0. The van der Waals surface area contributed by atoms with Gasteiger partial charge in [0.15, 0.2) is 0 Å². The van der Waals surface area contributed by atoms with Gasteiger partial charge in [0.25, 0.3) is 0 Å². The number of ether oxygens (including phenoxy) is 1. The Hall–Kier alpha value is -1.01. The molecule has 0 saturated heterocycles. The minimum Gasteiger partial charge on any atom is -0.489 e. The number of aliphatic hydroxyl groups is 1. The molecule has 0 radical (unpaired) electrons. The molecule has 21 heavy (non-hydrogen) atoms. The summed E-state index contributed by atoms with van der Waals surface area (Å²) in [6.07, 6.45) is -0.323. The Bertz CT molecular complexity index is 458. The Morgan fingerprint density at radius 1 is 1.43 bits per heavy atom. The van der Waals surface area contributed by atoms with Gasteiger partial charge in [-0.05, 0) is 19.1 Å². The maximum absolute atomic E-state index is 11.2. The third-order valence-corrected chi connectivity index (χ3v) is 3.15. The predicted octanol–water partition coefficient (Wildman–Crippen LogP) is 1.85. The molecule has 1 amide bonds.